The molecule has 1 amide bonds. The maximum absolute atomic E-state index is 13.1. The molecule has 2 bridgehead atoms. The fraction of sp³-hybridized carbons (Fsp3) is 0.444. The summed E-state index contributed by atoms with van der Waals surface area (Å²) in [5.41, 5.74) is 0.0519. The van der Waals surface area contributed by atoms with Crippen LogP contribution in [0.5, 0.6) is 0 Å². The summed E-state index contributed by atoms with van der Waals surface area (Å²) in [5.74, 6) is 0.170. The lowest BCUT2D eigenvalue weighted by atomic mass is 10.2. The lowest BCUT2D eigenvalue weighted by Gasteiger charge is -2.32. The standard InChI is InChI=1S/C18H19F2N7O2/c1-25-9-13(15(24-25)16(19)20)22-18(28)12-6-21-27-5-4-14(23-17(12)27)26-7-10-2-3-11(8-26)29-10/h4-6,9-11,16H,2-3,7-8H2,1H3,(H,22,28). The molecule has 2 unspecified atom stereocenters. The van der Waals surface area contributed by atoms with Crippen molar-refractivity contribution in [3.05, 3.63) is 35.9 Å². The molecule has 0 saturated carbocycles. The summed E-state index contributed by atoms with van der Waals surface area (Å²) < 4.78 is 34.9. The van der Waals surface area contributed by atoms with Crippen LogP contribution in [-0.4, -0.2) is 55.6 Å². The second kappa shape index (κ2) is 6.76. The zero-order valence-electron chi connectivity index (χ0n) is 15.6. The molecule has 0 aromatic carbocycles. The molecular formula is C18H19F2N7O2. The number of nitrogens with zero attached hydrogens (tertiary/aromatic N) is 6. The number of nitrogens with one attached hydrogen (secondary N) is 1. The fourth-order valence-corrected chi connectivity index (χ4v) is 3.95. The molecule has 0 spiro atoms. The summed E-state index contributed by atoms with van der Waals surface area (Å²) in [6.07, 6.45) is 4.16. The van der Waals surface area contributed by atoms with Crippen molar-refractivity contribution in [2.75, 3.05) is 23.3 Å². The van der Waals surface area contributed by atoms with Crippen LogP contribution in [0.4, 0.5) is 20.3 Å². The van der Waals surface area contributed by atoms with Crippen molar-refractivity contribution in [1.82, 2.24) is 24.4 Å². The number of amides is 1. The van der Waals surface area contributed by atoms with E-state index < -0.39 is 18.0 Å². The van der Waals surface area contributed by atoms with Crippen molar-refractivity contribution in [2.45, 2.75) is 31.5 Å². The highest BCUT2D eigenvalue weighted by atomic mass is 19.3. The molecule has 5 heterocycles. The SMILES string of the molecule is Cn1cc(NC(=O)c2cnn3ccc(N4CC5CCC(C4)O5)nc23)c(C(F)F)n1. The Kier molecular flexibility index (Phi) is 4.19. The van der Waals surface area contributed by atoms with E-state index in [1.54, 1.807) is 6.20 Å². The second-order valence-corrected chi connectivity index (χ2v) is 7.33. The summed E-state index contributed by atoms with van der Waals surface area (Å²) in [6, 6.07) is 1.85. The van der Waals surface area contributed by atoms with Crippen LogP contribution >= 0.6 is 0 Å². The summed E-state index contributed by atoms with van der Waals surface area (Å²) >= 11 is 0. The number of hydrogen-bond donors (Lipinski definition) is 1. The number of hydrogen-bond acceptors (Lipinski definition) is 6. The minimum Gasteiger partial charge on any atom is -0.371 e. The Labute approximate surface area is 164 Å². The molecule has 1 N–H and O–H groups in total. The minimum atomic E-state index is -2.79. The summed E-state index contributed by atoms with van der Waals surface area (Å²) in [7, 11) is 1.51. The van der Waals surface area contributed by atoms with Crippen molar-refractivity contribution in [3.63, 3.8) is 0 Å². The van der Waals surface area contributed by atoms with Crippen molar-refractivity contribution in [1.29, 1.82) is 0 Å². The number of halogens is 2. The normalized spacial score (nSPS) is 21.3. The minimum absolute atomic E-state index is 0.0345. The number of rotatable bonds is 4. The lowest BCUT2D eigenvalue weighted by Crippen LogP contribution is -2.43. The van der Waals surface area contributed by atoms with Crippen LogP contribution in [0.1, 0.15) is 35.3 Å². The van der Waals surface area contributed by atoms with Gasteiger partial charge in [-0.15, -0.1) is 0 Å². The lowest BCUT2D eigenvalue weighted by molar-refractivity contribution is 0.0302. The molecule has 2 atom stereocenters. The van der Waals surface area contributed by atoms with Gasteiger partial charge in [0.05, 0.1) is 24.1 Å². The first-order chi connectivity index (χ1) is 14.0. The number of aromatic nitrogens is 5. The molecule has 0 aliphatic carbocycles. The third-order valence-corrected chi connectivity index (χ3v) is 5.28. The van der Waals surface area contributed by atoms with Crippen LogP contribution in [-0.2, 0) is 11.8 Å². The summed E-state index contributed by atoms with van der Waals surface area (Å²) in [5, 5.41) is 10.4. The molecule has 29 heavy (non-hydrogen) atoms. The van der Waals surface area contributed by atoms with E-state index in [1.165, 1.54) is 28.6 Å². The van der Waals surface area contributed by atoms with Gasteiger partial charge in [0.25, 0.3) is 12.3 Å². The van der Waals surface area contributed by atoms with E-state index in [-0.39, 0.29) is 23.5 Å². The average Bonchev–Trinajstić information content (AvgIpc) is 3.37. The van der Waals surface area contributed by atoms with E-state index in [9.17, 15) is 13.6 Å². The first-order valence-corrected chi connectivity index (χ1v) is 9.36. The molecule has 2 fully saturated rings. The third-order valence-electron chi connectivity index (χ3n) is 5.28. The highest BCUT2D eigenvalue weighted by molar-refractivity contribution is 6.08. The molecule has 3 aromatic rings. The average molecular weight is 403 g/mol. The number of carbonyl (C=O) groups excluding carboxylic acids is 1. The van der Waals surface area contributed by atoms with Gasteiger partial charge in [-0.2, -0.15) is 10.2 Å². The van der Waals surface area contributed by atoms with E-state index in [4.69, 9.17) is 4.74 Å². The molecule has 11 heteroatoms. The zero-order chi connectivity index (χ0) is 20.1. The van der Waals surface area contributed by atoms with E-state index in [0.717, 1.165) is 31.7 Å². The smallest absolute Gasteiger partial charge is 0.284 e. The van der Waals surface area contributed by atoms with Gasteiger partial charge in [0.2, 0.25) is 0 Å². The topological polar surface area (TPSA) is 89.6 Å². The molecule has 5 rings (SSSR count). The van der Waals surface area contributed by atoms with Gasteiger partial charge in [-0.25, -0.2) is 18.3 Å². The van der Waals surface area contributed by atoms with Gasteiger partial charge in [-0.05, 0) is 18.9 Å². The molecule has 2 aliphatic heterocycles. The highest BCUT2D eigenvalue weighted by Gasteiger charge is 2.34. The Bertz CT molecular complexity index is 1070. The Morgan fingerprint density at radius 3 is 2.79 bits per heavy atom. The monoisotopic (exact) mass is 403 g/mol. The van der Waals surface area contributed by atoms with Crippen LogP contribution in [0.3, 0.4) is 0 Å². The summed E-state index contributed by atoms with van der Waals surface area (Å²) in [6.45, 7) is 1.51. The number of morpholine rings is 1. The van der Waals surface area contributed by atoms with Crippen LogP contribution in [0.15, 0.2) is 24.7 Å². The Morgan fingerprint density at radius 2 is 2.07 bits per heavy atom. The van der Waals surface area contributed by atoms with Crippen molar-refractivity contribution >= 4 is 23.1 Å². The predicted molar refractivity (Wildman–Crippen MR) is 99.2 cm³/mol. The third kappa shape index (κ3) is 3.20. The van der Waals surface area contributed by atoms with Gasteiger partial charge >= 0.3 is 0 Å². The first kappa shape index (κ1) is 18.0. The molecule has 0 radical (unpaired) electrons. The van der Waals surface area contributed by atoms with Crippen LogP contribution in [0, 0.1) is 0 Å². The Hall–Kier alpha value is -3.08. The quantitative estimate of drug-likeness (QED) is 0.717. The van der Waals surface area contributed by atoms with Gasteiger partial charge in [0.15, 0.2) is 11.3 Å². The number of fused-ring (bicyclic) bond motifs is 3. The van der Waals surface area contributed by atoms with Gasteiger partial charge in [-0.3, -0.25) is 9.48 Å². The maximum Gasteiger partial charge on any atom is 0.284 e. The largest absolute Gasteiger partial charge is 0.371 e. The number of alkyl halides is 2. The van der Waals surface area contributed by atoms with Crippen LogP contribution < -0.4 is 10.2 Å². The zero-order valence-corrected chi connectivity index (χ0v) is 15.6. The van der Waals surface area contributed by atoms with Gasteiger partial charge < -0.3 is 15.0 Å². The van der Waals surface area contributed by atoms with Gasteiger partial charge in [-0.1, -0.05) is 0 Å². The van der Waals surface area contributed by atoms with Gasteiger partial charge in [0, 0.05) is 32.5 Å². The van der Waals surface area contributed by atoms with E-state index >= 15 is 0 Å². The van der Waals surface area contributed by atoms with E-state index in [2.05, 4.69) is 25.4 Å². The molecule has 2 saturated heterocycles. The predicted octanol–water partition coefficient (Wildman–Crippen LogP) is 2.02. The van der Waals surface area contributed by atoms with E-state index in [1.807, 2.05) is 6.07 Å². The Balaban J connectivity index is 1.44. The maximum atomic E-state index is 13.1. The fourth-order valence-electron chi connectivity index (χ4n) is 3.95. The molecular weight excluding hydrogens is 384 g/mol. The number of carbonyl (C=O) groups is 1. The van der Waals surface area contributed by atoms with E-state index in [0.29, 0.717) is 5.65 Å². The highest BCUT2D eigenvalue weighted by Crippen LogP contribution is 2.29. The van der Waals surface area contributed by atoms with Crippen molar-refractivity contribution in [3.8, 4) is 0 Å². The van der Waals surface area contributed by atoms with Crippen molar-refractivity contribution in [2.24, 2.45) is 7.05 Å². The van der Waals surface area contributed by atoms with Crippen LogP contribution in [0.2, 0.25) is 0 Å². The number of ether oxygens (including phenoxy) is 1. The second-order valence-electron chi connectivity index (χ2n) is 7.33. The van der Waals surface area contributed by atoms with Crippen molar-refractivity contribution < 1.29 is 18.3 Å². The molecule has 152 valence electrons. The number of aryl methyl sites for hydroxylation is 1. The molecule has 2 aliphatic rings. The molecule has 3 aromatic heterocycles. The first-order valence-electron chi connectivity index (χ1n) is 9.36. The number of anilines is 2. The van der Waals surface area contributed by atoms with Crippen LogP contribution in [0.25, 0.3) is 5.65 Å². The Morgan fingerprint density at radius 1 is 1.31 bits per heavy atom. The summed E-state index contributed by atoms with van der Waals surface area (Å²) in [4.78, 5) is 19.5. The molecule has 9 nitrogen and oxygen atoms in total. The van der Waals surface area contributed by atoms with Gasteiger partial charge in [0.1, 0.15) is 11.4 Å².